The molecule has 5 unspecified atom stereocenters. The lowest BCUT2D eigenvalue weighted by atomic mass is 9.99. The van der Waals surface area contributed by atoms with Crippen LogP contribution in [0.3, 0.4) is 0 Å². The fourth-order valence-electron chi connectivity index (χ4n) is 4.05. The predicted molar refractivity (Wildman–Crippen MR) is 104 cm³/mol. The minimum atomic E-state index is -0.763. The molecule has 3 saturated heterocycles. The number of ether oxygens (including phenoxy) is 6. The second-order valence-electron chi connectivity index (χ2n) is 8.27. The van der Waals surface area contributed by atoms with Crippen LogP contribution < -0.4 is 0 Å². The molecule has 0 aliphatic carbocycles. The maximum absolute atomic E-state index is 6.13. The Morgan fingerprint density at radius 2 is 1.72 bits per heavy atom. The zero-order valence-corrected chi connectivity index (χ0v) is 17.4. The fourth-order valence-corrected chi connectivity index (χ4v) is 4.25. The molecule has 0 bridgehead atoms. The molecule has 9 nitrogen and oxygen atoms in total. The Morgan fingerprint density at radius 1 is 1.03 bits per heavy atom. The normalized spacial score (nSPS) is 34.7. The number of thiocarbonyl (C=S) groups is 1. The molecular formula is C19H23N3O6S. The highest BCUT2D eigenvalue weighted by molar-refractivity contribution is 7.80. The van der Waals surface area contributed by atoms with E-state index in [0.29, 0.717) is 0 Å². The third-order valence-electron chi connectivity index (χ3n) is 5.15. The Bertz CT molecular complexity index is 947. The van der Waals surface area contributed by atoms with Gasteiger partial charge >= 0.3 is 0 Å². The Morgan fingerprint density at radius 3 is 2.55 bits per heavy atom. The second kappa shape index (κ2) is 6.66. The Kier molecular flexibility index (Phi) is 4.43. The van der Waals surface area contributed by atoms with E-state index in [2.05, 4.69) is 10.3 Å². The average Bonchev–Trinajstić information content (AvgIpc) is 3.30. The molecule has 3 fully saturated rings. The van der Waals surface area contributed by atoms with Crippen molar-refractivity contribution in [3.8, 4) is 0 Å². The molecule has 29 heavy (non-hydrogen) atoms. The Balaban J connectivity index is 1.33. The number of nitrogens with zero attached hydrogens (tertiary/aromatic N) is 3. The van der Waals surface area contributed by atoms with Crippen LogP contribution in [-0.4, -0.2) is 69.1 Å². The third-order valence-corrected chi connectivity index (χ3v) is 5.44. The highest BCUT2D eigenvalue weighted by atomic mass is 32.1. The molecule has 0 amide bonds. The minimum Gasteiger partial charge on any atom is -0.467 e. The van der Waals surface area contributed by atoms with Crippen LogP contribution >= 0.6 is 12.2 Å². The van der Waals surface area contributed by atoms with Crippen molar-refractivity contribution >= 4 is 28.4 Å². The standard InChI is InChI=1S/C19H23N3O6S/c1-18(2)25-13-12(24-16-15(14(13)26-18)27-19(3,4)28-16)9-23-17(29)22-11-8-6-5-7-10(11)20-21-22/h5-8,12-16H,9H2,1-4H3. The van der Waals surface area contributed by atoms with Gasteiger partial charge < -0.3 is 28.4 Å². The molecule has 156 valence electrons. The van der Waals surface area contributed by atoms with Gasteiger partial charge in [0.2, 0.25) is 0 Å². The number of benzene rings is 1. The largest absolute Gasteiger partial charge is 0.467 e. The molecule has 10 heteroatoms. The van der Waals surface area contributed by atoms with Crippen molar-refractivity contribution in [1.29, 1.82) is 0 Å². The maximum atomic E-state index is 6.13. The quantitative estimate of drug-likeness (QED) is 0.676. The first-order chi connectivity index (χ1) is 13.7. The Hall–Kier alpha value is -1.69. The summed E-state index contributed by atoms with van der Waals surface area (Å²) in [5.41, 5.74) is 1.51. The van der Waals surface area contributed by atoms with E-state index >= 15 is 0 Å². The van der Waals surface area contributed by atoms with Gasteiger partial charge in [-0.3, -0.25) is 0 Å². The average molecular weight is 421 g/mol. The summed E-state index contributed by atoms with van der Waals surface area (Å²) in [6.07, 6.45) is -2.11. The predicted octanol–water partition coefficient (Wildman–Crippen LogP) is 1.98. The molecule has 0 N–H and O–H groups in total. The molecular weight excluding hydrogens is 398 g/mol. The summed E-state index contributed by atoms with van der Waals surface area (Å²) < 4.78 is 37.6. The zero-order chi connectivity index (χ0) is 20.4. The van der Waals surface area contributed by atoms with E-state index in [1.165, 1.54) is 4.68 Å². The Labute approximate surface area is 173 Å². The van der Waals surface area contributed by atoms with Gasteiger partial charge in [-0.15, -0.1) is 5.10 Å². The van der Waals surface area contributed by atoms with Crippen molar-refractivity contribution in [1.82, 2.24) is 15.0 Å². The second-order valence-corrected chi connectivity index (χ2v) is 8.62. The van der Waals surface area contributed by atoms with Gasteiger partial charge in [0.15, 0.2) is 17.9 Å². The molecule has 1 aromatic heterocycles. The van der Waals surface area contributed by atoms with Crippen LogP contribution in [0.1, 0.15) is 27.7 Å². The smallest absolute Gasteiger partial charge is 0.286 e. The summed E-state index contributed by atoms with van der Waals surface area (Å²) in [5.74, 6) is -1.52. The lowest BCUT2D eigenvalue weighted by Crippen LogP contribution is -2.56. The van der Waals surface area contributed by atoms with E-state index in [1.54, 1.807) is 0 Å². The number of fused-ring (bicyclic) bond motifs is 4. The van der Waals surface area contributed by atoms with Gasteiger partial charge in [-0.1, -0.05) is 17.3 Å². The monoisotopic (exact) mass is 421 g/mol. The van der Waals surface area contributed by atoms with Gasteiger partial charge in [0, 0.05) is 0 Å². The number of para-hydroxylation sites is 1. The molecule has 0 saturated carbocycles. The van der Waals surface area contributed by atoms with Crippen molar-refractivity contribution in [2.24, 2.45) is 0 Å². The first kappa shape index (κ1) is 19.3. The molecule has 2 aromatic rings. The molecule has 4 heterocycles. The van der Waals surface area contributed by atoms with Crippen molar-refractivity contribution in [3.63, 3.8) is 0 Å². The van der Waals surface area contributed by atoms with Crippen LogP contribution in [0.5, 0.6) is 0 Å². The number of aromatic nitrogens is 3. The number of hydrogen-bond acceptors (Lipinski definition) is 9. The lowest BCUT2D eigenvalue weighted by Gasteiger charge is -2.37. The summed E-state index contributed by atoms with van der Waals surface area (Å²) in [5, 5.41) is 8.36. The van der Waals surface area contributed by atoms with Gasteiger partial charge in [0.25, 0.3) is 5.17 Å². The van der Waals surface area contributed by atoms with Crippen LogP contribution in [0.2, 0.25) is 0 Å². The van der Waals surface area contributed by atoms with E-state index in [0.717, 1.165) is 11.0 Å². The highest BCUT2D eigenvalue weighted by Crippen LogP contribution is 2.44. The third kappa shape index (κ3) is 3.43. The summed E-state index contributed by atoms with van der Waals surface area (Å²) in [7, 11) is 0. The molecule has 1 aromatic carbocycles. The summed E-state index contributed by atoms with van der Waals surface area (Å²) in [6, 6.07) is 7.53. The van der Waals surface area contributed by atoms with Gasteiger partial charge in [0.05, 0.1) is 5.52 Å². The summed E-state index contributed by atoms with van der Waals surface area (Å²) in [6.45, 7) is 7.58. The fraction of sp³-hybridized carbons (Fsp3) is 0.632. The van der Waals surface area contributed by atoms with Crippen LogP contribution in [-0.2, 0) is 28.4 Å². The SMILES string of the molecule is CC1(C)OC2OC(COC(=S)n3nnc4ccccc43)C3OC(C)(C)OC3C2O1. The van der Waals surface area contributed by atoms with Crippen molar-refractivity contribution < 1.29 is 28.4 Å². The van der Waals surface area contributed by atoms with E-state index in [4.69, 9.17) is 40.6 Å². The van der Waals surface area contributed by atoms with Crippen LogP contribution in [0.15, 0.2) is 24.3 Å². The first-order valence-electron chi connectivity index (χ1n) is 9.57. The van der Waals surface area contributed by atoms with E-state index in [9.17, 15) is 0 Å². The zero-order valence-electron chi connectivity index (χ0n) is 16.6. The maximum Gasteiger partial charge on any atom is 0.286 e. The van der Waals surface area contributed by atoms with E-state index in [-0.39, 0.29) is 30.1 Å². The van der Waals surface area contributed by atoms with Gasteiger partial charge in [0.1, 0.15) is 36.5 Å². The minimum absolute atomic E-state index is 0.153. The van der Waals surface area contributed by atoms with Crippen molar-refractivity contribution in [2.45, 2.75) is 70.0 Å². The van der Waals surface area contributed by atoms with Gasteiger partial charge in [-0.05, 0) is 52.0 Å². The number of rotatable bonds is 2. The number of hydrogen-bond donors (Lipinski definition) is 0. The molecule has 5 atom stereocenters. The summed E-state index contributed by atoms with van der Waals surface area (Å²) >= 11 is 5.42. The lowest BCUT2D eigenvalue weighted by molar-refractivity contribution is -0.239. The van der Waals surface area contributed by atoms with Gasteiger partial charge in [-0.2, -0.15) is 4.68 Å². The molecule has 0 radical (unpaired) electrons. The molecule has 0 spiro atoms. The first-order valence-corrected chi connectivity index (χ1v) is 9.98. The van der Waals surface area contributed by atoms with Crippen LogP contribution in [0.4, 0.5) is 0 Å². The molecule has 3 aliphatic heterocycles. The summed E-state index contributed by atoms with van der Waals surface area (Å²) in [4.78, 5) is 0. The topological polar surface area (TPSA) is 86.1 Å². The molecule has 3 aliphatic rings. The molecule has 5 rings (SSSR count). The van der Waals surface area contributed by atoms with E-state index < -0.39 is 24.0 Å². The van der Waals surface area contributed by atoms with Crippen LogP contribution in [0, 0.1) is 0 Å². The van der Waals surface area contributed by atoms with Gasteiger partial charge in [-0.25, -0.2) is 0 Å². The highest BCUT2D eigenvalue weighted by Gasteiger charge is 2.60. The van der Waals surface area contributed by atoms with Crippen molar-refractivity contribution in [2.75, 3.05) is 6.61 Å². The van der Waals surface area contributed by atoms with Crippen molar-refractivity contribution in [3.05, 3.63) is 24.3 Å². The van der Waals surface area contributed by atoms with Crippen LogP contribution in [0.25, 0.3) is 11.0 Å². The van der Waals surface area contributed by atoms with E-state index in [1.807, 2.05) is 52.0 Å².